The van der Waals surface area contributed by atoms with Crippen molar-refractivity contribution < 1.29 is 23.8 Å². The van der Waals surface area contributed by atoms with Crippen molar-refractivity contribution in [3.63, 3.8) is 0 Å². The SMILES string of the molecule is CCOC(=O)C12Oc3c(cc(Cl)cc3Nc3nc4cc(C(C)(C)C)cc(C(C)(C)C)c4o3)CC1Cc1ccccc1C2O. The van der Waals surface area contributed by atoms with Crippen molar-refractivity contribution in [3.05, 3.63) is 81.4 Å². The lowest BCUT2D eigenvalue weighted by atomic mass is 9.67. The van der Waals surface area contributed by atoms with E-state index in [1.165, 1.54) is 5.56 Å². The molecule has 2 N–H and O–H groups in total. The smallest absolute Gasteiger partial charge is 0.353 e. The van der Waals surface area contributed by atoms with Gasteiger partial charge >= 0.3 is 5.97 Å². The summed E-state index contributed by atoms with van der Waals surface area (Å²) in [6.07, 6.45) is -0.198. The van der Waals surface area contributed by atoms with E-state index in [1.54, 1.807) is 13.0 Å². The number of oxazole rings is 1. The fourth-order valence-electron chi connectivity index (χ4n) is 6.43. The van der Waals surface area contributed by atoms with Gasteiger partial charge in [0.05, 0.1) is 12.3 Å². The van der Waals surface area contributed by atoms with Crippen LogP contribution in [0.4, 0.5) is 11.7 Å². The van der Waals surface area contributed by atoms with Gasteiger partial charge in [0.15, 0.2) is 5.58 Å². The van der Waals surface area contributed by atoms with Crippen LogP contribution < -0.4 is 10.1 Å². The van der Waals surface area contributed by atoms with E-state index in [0.717, 1.165) is 22.2 Å². The number of hydrogen-bond acceptors (Lipinski definition) is 7. The number of halogens is 1. The number of esters is 1. The first-order chi connectivity index (χ1) is 20.2. The largest absolute Gasteiger partial charge is 0.470 e. The van der Waals surface area contributed by atoms with Crippen LogP contribution >= 0.6 is 11.6 Å². The van der Waals surface area contributed by atoms with Crippen LogP contribution in [0.25, 0.3) is 11.1 Å². The highest BCUT2D eigenvalue weighted by Crippen LogP contribution is 2.53. The molecule has 0 amide bonds. The number of aliphatic hydroxyl groups is 1. The van der Waals surface area contributed by atoms with Gasteiger partial charge in [0.2, 0.25) is 5.60 Å². The first-order valence-corrected chi connectivity index (χ1v) is 15.3. The fourth-order valence-corrected chi connectivity index (χ4v) is 6.67. The Kier molecular flexibility index (Phi) is 7.05. The number of carbonyl (C=O) groups excluding carboxylic acids is 1. The molecule has 0 saturated carbocycles. The maximum Gasteiger partial charge on any atom is 0.353 e. The van der Waals surface area contributed by atoms with Gasteiger partial charge in [-0.15, -0.1) is 0 Å². The summed E-state index contributed by atoms with van der Waals surface area (Å²) in [5, 5.41) is 15.6. The Morgan fingerprint density at radius 2 is 1.79 bits per heavy atom. The first kappa shape index (κ1) is 29.5. The molecule has 0 bridgehead atoms. The number of benzene rings is 3. The third-order valence-corrected chi connectivity index (χ3v) is 8.91. The minimum Gasteiger partial charge on any atom is -0.470 e. The number of fused-ring (bicyclic) bond motifs is 4. The van der Waals surface area contributed by atoms with Gasteiger partial charge in [-0.1, -0.05) is 83.5 Å². The van der Waals surface area contributed by atoms with Gasteiger partial charge < -0.3 is 24.3 Å². The van der Waals surface area contributed by atoms with Gasteiger partial charge in [0.25, 0.3) is 6.01 Å². The van der Waals surface area contributed by atoms with E-state index in [4.69, 9.17) is 30.5 Å². The number of nitrogens with zero attached hydrogens (tertiary/aromatic N) is 1. The summed E-state index contributed by atoms with van der Waals surface area (Å²) in [6, 6.07) is 15.7. The molecule has 3 unspecified atom stereocenters. The Bertz CT molecular complexity index is 1730. The van der Waals surface area contributed by atoms with E-state index in [2.05, 4.69) is 59.0 Å². The summed E-state index contributed by atoms with van der Waals surface area (Å²) in [5.74, 6) is -0.523. The second-order valence-electron chi connectivity index (χ2n) is 13.8. The molecule has 3 aromatic carbocycles. The Balaban J connectivity index is 1.46. The van der Waals surface area contributed by atoms with Gasteiger partial charge in [0, 0.05) is 16.5 Å². The predicted octanol–water partition coefficient (Wildman–Crippen LogP) is 7.96. The molecule has 2 aliphatic rings. The fraction of sp³-hybridized carbons (Fsp3) is 0.429. The van der Waals surface area contributed by atoms with Gasteiger partial charge in [-0.25, -0.2) is 4.79 Å². The molecule has 8 heteroatoms. The van der Waals surface area contributed by atoms with E-state index >= 15 is 0 Å². The summed E-state index contributed by atoms with van der Waals surface area (Å²) < 4.78 is 18.6. The lowest BCUT2D eigenvalue weighted by Crippen LogP contribution is -2.61. The minimum atomic E-state index is -1.62. The van der Waals surface area contributed by atoms with Crippen LogP contribution in [0.15, 0.2) is 52.9 Å². The van der Waals surface area contributed by atoms with Crippen LogP contribution in [0.5, 0.6) is 5.75 Å². The van der Waals surface area contributed by atoms with E-state index in [-0.39, 0.29) is 29.4 Å². The van der Waals surface area contributed by atoms with Crippen LogP contribution in [0.1, 0.15) is 82.4 Å². The maximum atomic E-state index is 13.7. The predicted molar refractivity (Wildman–Crippen MR) is 168 cm³/mol. The zero-order chi connectivity index (χ0) is 30.9. The molecule has 1 aliphatic carbocycles. The molecule has 226 valence electrons. The van der Waals surface area contributed by atoms with Crippen molar-refractivity contribution in [2.75, 3.05) is 11.9 Å². The average Bonchev–Trinajstić information content (AvgIpc) is 3.33. The number of rotatable bonds is 4. The molecular weight excluding hydrogens is 564 g/mol. The molecule has 3 atom stereocenters. The van der Waals surface area contributed by atoms with Crippen LogP contribution in [0.2, 0.25) is 5.02 Å². The monoisotopic (exact) mass is 602 g/mol. The Morgan fingerprint density at radius 1 is 1.07 bits per heavy atom. The molecular formula is C35H39ClN2O5. The van der Waals surface area contributed by atoms with E-state index in [1.807, 2.05) is 30.3 Å². The Morgan fingerprint density at radius 3 is 2.49 bits per heavy atom. The molecule has 43 heavy (non-hydrogen) atoms. The quantitative estimate of drug-likeness (QED) is 0.229. The Hall–Kier alpha value is -3.55. The highest BCUT2D eigenvalue weighted by molar-refractivity contribution is 6.31. The number of aromatic nitrogens is 1. The maximum absolute atomic E-state index is 13.7. The summed E-state index contributed by atoms with van der Waals surface area (Å²) in [6.45, 7) is 14.9. The number of nitrogens with one attached hydrogen (secondary N) is 1. The molecule has 0 fully saturated rings. The van der Waals surface area contributed by atoms with E-state index in [9.17, 15) is 9.90 Å². The molecule has 4 aromatic rings. The summed E-state index contributed by atoms with van der Waals surface area (Å²) in [5.41, 5.74) is 4.80. The number of aliphatic hydroxyl groups excluding tert-OH is 1. The molecule has 1 aliphatic heterocycles. The molecule has 0 radical (unpaired) electrons. The number of ether oxygens (including phenoxy) is 2. The molecule has 6 rings (SSSR count). The standard InChI is InChI=1S/C35H39ClN2O5/c1-8-41-31(40)35-22(13-19-11-9-10-12-24(19)30(35)39)14-20-15-23(36)18-27(28(20)43-35)38-32-37-26-17-21(33(2,3)4)16-25(29(26)42-32)34(5,6)7/h9-12,15-18,22,30,39H,8,13-14H2,1-7H3,(H,37,38). The third kappa shape index (κ3) is 4.96. The summed E-state index contributed by atoms with van der Waals surface area (Å²) in [7, 11) is 0. The highest BCUT2D eigenvalue weighted by Gasteiger charge is 2.60. The lowest BCUT2D eigenvalue weighted by Gasteiger charge is -2.48. The van der Waals surface area contributed by atoms with Gasteiger partial charge in [0.1, 0.15) is 17.4 Å². The van der Waals surface area contributed by atoms with E-state index in [0.29, 0.717) is 40.4 Å². The van der Waals surface area contributed by atoms with Gasteiger partial charge in [-0.05, 0) is 71.0 Å². The lowest BCUT2D eigenvalue weighted by molar-refractivity contribution is -0.187. The second-order valence-corrected chi connectivity index (χ2v) is 14.2. The highest BCUT2D eigenvalue weighted by atomic mass is 35.5. The topological polar surface area (TPSA) is 93.8 Å². The number of hydrogen-bond donors (Lipinski definition) is 2. The van der Waals surface area contributed by atoms with Crippen LogP contribution in [-0.2, 0) is 33.2 Å². The van der Waals surface area contributed by atoms with Crippen molar-refractivity contribution in [1.29, 1.82) is 0 Å². The summed E-state index contributed by atoms with van der Waals surface area (Å²) >= 11 is 6.63. The van der Waals surface area contributed by atoms with Crippen molar-refractivity contribution in [3.8, 4) is 5.75 Å². The molecule has 0 spiro atoms. The van der Waals surface area contributed by atoms with Crippen molar-refractivity contribution in [2.24, 2.45) is 5.92 Å². The van der Waals surface area contributed by atoms with Crippen molar-refractivity contribution in [2.45, 2.75) is 83.8 Å². The third-order valence-electron chi connectivity index (χ3n) is 8.70. The zero-order valence-electron chi connectivity index (χ0n) is 25.8. The average molecular weight is 603 g/mol. The second kappa shape index (κ2) is 10.3. The van der Waals surface area contributed by atoms with Crippen molar-refractivity contribution >= 4 is 40.4 Å². The minimum absolute atomic E-state index is 0.0714. The van der Waals surface area contributed by atoms with Crippen LogP contribution in [0, 0.1) is 5.92 Å². The number of anilines is 2. The summed E-state index contributed by atoms with van der Waals surface area (Å²) in [4.78, 5) is 18.5. The van der Waals surface area contributed by atoms with Gasteiger partial charge in [-0.2, -0.15) is 4.98 Å². The van der Waals surface area contributed by atoms with E-state index < -0.39 is 17.7 Å². The molecule has 1 aromatic heterocycles. The molecule has 7 nitrogen and oxygen atoms in total. The van der Waals surface area contributed by atoms with Crippen LogP contribution in [-0.4, -0.2) is 28.3 Å². The van der Waals surface area contributed by atoms with Gasteiger partial charge in [-0.3, -0.25) is 0 Å². The molecule has 0 saturated heterocycles. The zero-order valence-corrected chi connectivity index (χ0v) is 26.6. The first-order valence-electron chi connectivity index (χ1n) is 14.9. The Labute approximate surface area is 257 Å². The molecule has 2 heterocycles. The number of carbonyl (C=O) groups is 1. The normalized spacial score (nSPS) is 21.4. The van der Waals surface area contributed by atoms with Crippen molar-refractivity contribution in [1.82, 2.24) is 4.98 Å². The van der Waals surface area contributed by atoms with Crippen LogP contribution in [0.3, 0.4) is 0 Å².